The van der Waals surface area contributed by atoms with Crippen molar-refractivity contribution in [2.45, 2.75) is 11.8 Å². The third-order valence-electron chi connectivity index (χ3n) is 2.73. The first kappa shape index (κ1) is 19.0. The van der Waals surface area contributed by atoms with Crippen LogP contribution < -0.4 is 0 Å². The van der Waals surface area contributed by atoms with Gasteiger partial charge in [-0.25, -0.2) is 0 Å². The van der Waals surface area contributed by atoms with Gasteiger partial charge in [-0.05, 0) is 19.1 Å². The van der Waals surface area contributed by atoms with E-state index < -0.39 is 10.1 Å². The van der Waals surface area contributed by atoms with E-state index in [1.165, 1.54) is 12.1 Å². The van der Waals surface area contributed by atoms with E-state index in [0.717, 1.165) is 5.56 Å². The number of hydrogen-bond donors (Lipinski definition) is 3. The number of benzene rings is 1. The Morgan fingerprint density at radius 3 is 1.70 bits per heavy atom. The second-order valence-electron chi connectivity index (χ2n) is 5.12. The summed E-state index contributed by atoms with van der Waals surface area (Å²) in [6.45, 7) is 3.63. The van der Waals surface area contributed by atoms with Crippen molar-refractivity contribution in [1.82, 2.24) is 0 Å². The summed E-state index contributed by atoms with van der Waals surface area (Å²) < 4.78 is 30.2. The zero-order chi connectivity index (χ0) is 15.8. The molecule has 0 atom stereocenters. The van der Waals surface area contributed by atoms with Gasteiger partial charge in [0.25, 0.3) is 10.1 Å². The van der Waals surface area contributed by atoms with Crippen LogP contribution >= 0.6 is 0 Å². The molecule has 0 unspecified atom stereocenters. The van der Waals surface area contributed by atoms with Crippen LogP contribution in [-0.4, -0.2) is 68.1 Å². The number of quaternary nitrogens is 1. The molecule has 3 N–H and O–H groups in total. The van der Waals surface area contributed by atoms with Crippen LogP contribution in [0.3, 0.4) is 0 Å². The van der Waals surface area contributed by atoms with E-state index in [0.29, 0.717) is 17.6 Å². The third kappa shape index (κ3) is 8.23. The normalized spacial score (nSPS) is 11.7. The minimum absolute atomic E-state index is 0.0666. The highest BCUT2D eigenvalue weighted by Crippen LogP contribution is 2.08. The zero-order valence-electron chi connectivity index (χ0n) is 12.2. The summed E-state index contributed by atoms with van der Waals surface area (Å²) in [5, 5.41) is 17.1. The summed E-state index contributed by atoms with van der Waals surface area (Å²) in [4.78, 5) is -0.0666. The number of aliphatic hydroxyl groups is 2. The van der Waals surface area contributed by atoms with Crippen LogP contribution in [0.2, 0.25) is 0 Å². The molecule has 0 aromatic heterocycles. The first-order chi connectivity index (χ1) is 9.12. The molecule has 20 heavy (non-hydrogen) atoms. The first-order valence-electron chi connectivity index (χ1n) is 6.20. The van der Waals surface area contributed by atoms with E-state index in [2.05, 4.69) is 0 Å². The maximum Gasteiger partial charge on any atom is 0.294 e. The van der Waals surface area contributed by atoms with E-state index in [1.54, 1.807) is 12.1 Å². The Morgan fingerprint density at radius 1 is 1.00 bits per heavy atom. The van der Waals surface area contributed by atoms with Crippen LogP contribution in [0, 0.1) is 6.92 Å². The van der Waals surface area contributed by atoms with Crippen molar-refractivity contribution in [3.05, 3.63) is 29.8 Å². The molecule has 0 bridgehead atoms. The van der Waals surface area contributed by atoms with Crippen molar-refractivity contribution >= 4 is 10.1 Å². The molecule has 0 radical (unpaired) electrons. The molecule has 0 saturated heterocycles. The van der Waals surface area contributed by atoms with Gasteiger partial charge >= 0.3 is 0 Å². The SMILES string of the molecule is C[N+](C)(CCO)CCO.Cc1ccc(S(=O)(=O)O)cc1. The number of aliphatic hydroxyl groups excluding tert-OH is 2. The average molecular weight is 306 g/mol. The molecule has 0 aliphatic heterocycles. The Hall–Kier alpha value is -0.990. The molecule has 6 nitrogen and oxygen atoms in total. The molecule has 0 amide bonds. The van der Waals surface area contributed by atoms with Gasteiger partial charge in [0.15, 0.2) is 0 Å². The average Bonchev–Trinajstić information content (AvgIpc) is 2.28. The van der Waals surface area contributed by atoms with Crippen LogP contribution in [0.15, 0.2) is 29.2 Å². The largest absolute Gasteiger partial charge is 0.391 e. The number of likely N-dealkylation sites (N-methyl/N-ethyl adjacent to an activating group) is 1. The summed E-state index contributed by atoms with van der Waals surface area (Å²) in [6, 6.07) is 5.99. The molecular weight excluding hydrogens is 282 g/mol. The van der Waals surface area contributed by atoms with Crippen molar-refractivity contribution in [1.29, 1.82) is 0 Å². The van der Waals surface area contributed by atoms with Gasteiger partial charge in [0, 0.05) is 0 Å². The van der Waals surface area contributed by atoms with E-state index in [-0.39, 0.29) is 18.1 Å². The Kier molecular flexibility index (Phi) is 7.92. The summed E-state index contributed by atoms with van der Waals surface area (Å²) in [5.74, 6) is 0. The van der Waals surface area contributed by atoms with Crippen LogP contribution in [0.25, 0.3) is 0 Å². The molecule has 1 aromatic rings. The minimum Gasteiger partial charge on any atom is -0.391 e. The van der Waals surface area contributed by atoms with Crippen LogP contribution in [-0.2, 0) is 10.1 Å². The van der Waals surface area contributed by atoms with Crippen LogP contribution in [0.1, 0.15) is 5.56 Å². The molecule has 116 valence electrons. The van der Waals surface area contributed by atoms with Gasteiger partial charge in [0.2, 0.25) is 0 Å². The fourth-order valence-corrected chi connectivity index (χ4v) is 1.84. The molecule has 0 heterocycles. The second kappa shape index (κ2) is 8.33. The van der Waals surface area contributed by atoms with E-state index in [4.69, 9.17) is 14.8 Å². The van der Waals surface area contributed by atoms with Gasteiger partial charge < -0.3 is 14.7 Å². The molecule has 7 heteroatoms. The smallest absolute Gasteiger partial charge is 0.294 e. The molecule has 1 aromatic carbocycles. The van der Waals surface area contributed by atoms with Crippen LogP contribution in [0.5, 0.6) is 0 Å². The molecule has 0 saturated carbocycles. The lowest BCUT2D eigenvalue weighted by Gasteiger charge is -2.27. The Balaban J connectivity index is 0.000000370. The topological polar surface area (TPSA) is 94.8 Å². The van der Waals surface area contributed by atoms with Gasteiger partial charge in [-0.15, -0.1) is 0 Å². The fourth-order valence-electron chi connectivity index (χ4n) is 1.36. The second-order valence-corrected chi connectivity index (χ2v) is 6.54. The molecule has 0 aliphatic rings. The van der Waals surface area contributed by atoms with Gasteiger partial charge in [0.05, 0.1) is 32.2 Å². The predicted molar refractivity (Wildman–Crippen MR) is 77.0 cm³/mol. The summed E-state index contributed by atoms with van der Waals surface area (Å²) >= 11 is 0. The van der Waals surface area contributed by atoms with Crippen LogP contribution in [0.4, 0.5) is 0 Å². The van der Waals surface area contributed by atoms with Crippen molar-refractivity contribution in [3.63, 3.8) is 0 Å². The van der Waals surface area contributed by atoms with Gasteiger partial charge in [-0.2, -0.15) is 8.42 Å². The Morgan fingerprint density at radius 2 is 1.40 bits per heavy atom. The first-order valence-corrected chi connectivity index (χ1v) is 7.64. The summed E-state index contributed by atoms with van der Waals surface area (Å²) in [7, 11) is -0.0624. The van der Waals surface area contributed by atoms with E-state index >= 15 is 0 Å². The highest BCUT2D eigenvalue weighted by Gasteiger charge is 2.11. The number of nitrogens with zero attached hydrogens (tertiary/aromatic N) is 1. The monoisotopic (exact) mass is 306 g/mol. The summed E-state index contributed by atoms with van der Waals surface area (Å²) in [5.41, 5.74) is 0.956. The van der Waals surface area contributed by atoms with Crippen molar-refractivity contribution in [2.24, 2.45) is 0 Å². The summed E-state index contributed by atoms with van der Waals surface area (Å²) in [6.07, 6.45) is 0. The molecule has 1 rings (SSSR count). The number of rotatable bonds is 5. The van der Waals surface area contributed by atoms with Gasteiger partial charge in [-0.1, -0.05) is 17.7 Å². The number of hydrogen-bond acceptors (Lipinski definition) is 4. The Labute approximate surface area is 120 Å². The minimum atomic E-state index is -4.02. The zero-order valence-corrected chi connectivity index (χ0v) is 13.0. The fraction of sp³-hybridized carbons (Fsp3) is 0.538. The maximum absolute atomic E-state index is 10.5. The number of aryl methyl sites for hydroxylation is 1. The highest BCUT2D eigenvalue weighted by molar-refractivity contribution is 7.85. The lowest BCUT2D eigenvalue weighted by Crippen LogP contribution is -2.43. The third-order valence-corrected chi connectivity index (χ3v) is 3.60. The quantitative estimate of drug-likeness (QED) is 0.537. The van der Waals surface area contributed by atoms with Gasteiger partial charge in [-0.3, -0.25) is 4.55 Å². The molecule has 0 spiro atoms. The highest BCUT2D eigenvalue weighted by atomic mass is 32.2. The lowest BCUT2D eigenvalue weighted by atomic mass is 10.2. The van der Waals surface area contributed by atoms with E-state index in [1.807, 2.05) is 21.0 Å². The van der Waals surface area contributed by atoms with Crippen molar-refractivity contribution in [2.75, 3.05) is 40.4 Å². The van der Waals surface area contributed by atoms with Crippen molar-refractivity contribution in [3.8, 4) is 0 Å². The molecular formula is C13H24NO5S+. The molecule has 0 fully saturated rings. The van der Waals surface area contributed by atoms with Crippen molar-refractivity contribution < 1.29 is 27.7 Å². The van der Waals surface area contributed by atoms with E-state index in [9.17, 15) is 8.42 Å². The lowest BCUT2D eigenvalue weighted by molar-refractivity contribution is -0.890. The standard InChI is InChI=1S/C7H8O3S.C6H16NO2/c1-6-2-4-7(5-3-6)11(8,9)10;1-7(2,3-5-8)4-6-9/h2-5H,1H3,(H,8,9,10);8-9H,3-6H2,1-2H3/q;+1. The molecule has 0 aliphatic carbocycles. The van der Waals surface area contributed by atoms with Gasteiger partial charge in [0.1, 0.15) is 13.1 Å². The predicted octanol–water partition coefficient (Wildman–Crippen LogP) is 0.289. The maximum atomic E-state index is 10.5. The Bertz CT molecular complexity index is 474.